The van der Waals surface area contributed by atoms with Crippen LogP contribution in [0, 0.1) is 0 Å². The van der Waals surface area contributed by atoms with E-state index in [1.165, 1.54) is 38.3 Å². The molecule has 4 heterocycles. The molecule has 38 heavy (non-hydrogen) atoms. The van der Waals surface area contributed by atoms with Crippen LogP contribution in [-0.4, -0.2) is 99.5 Å². The summed E-state index contributed by atoms with van der Waals surface area (Å²) in [6, 6.07) is 2.48. The summed E-state index contributed by atoms with van der Waals surface area (Å²) in [6.45, 7) is 3.15. The molecule has 2 unspecified atom stereocenters. The molecule has 16 heteroatoms. The lowest BCUT2D eigenvalue weighted by Gasteiger charge is -2.43. The van der Waals surface area contributed by atoms with Gasteiger partial charge in [-0.3, -0.25) is 38.2 Å². The molecule has 0 saturated carbocycles. The molecule has 0 aliphatic carbocycles. The van der Waals surface area contributed by atoms with Crippen molar-refractivity contribution < 1.29 is 18.6 Å². The van der Waals surface area contributed by atoms with Gasteiger partial charge in [-0.2, -0.15) is 0 Å². The molecule has 0 bridgehead atoms. The van der Waals surface area contributed by atoms with Crippen molar-refractivity contribution in [2.75, 3.05) is 53.9 Å². The number of nitrogens with one attached hydrogen (secondary N) is 2. The molecule has 4 rings (SSSR count). The normalized spacial score (nSPS) is 26.9. The summed E-state index contributed by atoms with van der Waals surface area (Å²) < 4.78 is 38.3. The minimum absolute atomic E-state index is 0.0359. The van der Waals surface area contributed by atoms with Gasteiger partial charge in [-0.1, -0.05) is 6.92 Å². The highest BCUT2D eigenvalue weighted by Crippen LogP contribution is 2.54. The van der Waals surface area contributed by atoms with Crippen molar-refractivity contribution in [1.29, 1.82) is 0 Å². The Bertz CT molecular complexity index is 1400. The minimum atomic E-state index is -3.61. The summed E-state index contributed by atoms with van der Waals surface area (Å²) in [5.74, 6) is 0. The summed E-state index contributed by atoms with van der Waals surface area (Å²) in [5.41, 5.74) is -2.23. The van der Waals surface area contributed by atoms with E-state index in [2.05, 4.69) is 9.97 Å². The Balaban J connectivity index is 1.52. The van der Waals surface area contributed by atoms with E-state index >= 15 is 0 Å². The largest absolute Gasteiger partial charge is 0.352 e. The van der Waals surface area contributed by atoms with Crippen LogP contribution in [0.1, 0.15) is 25.8 Å². The lowest BCUT2D eigenvalue weighted by molar-refractivity contribution is -0.131. The SMILES string of the molecule is CC[C@@H]1CN([P@](=O)(OC[C@@H]2CN(C)CC(n3ccc(=O)[nH]c3=O)O2)N(C)C)CC(n2ccc(=O)[nH]c2=O)O1. The first-order valence-corrected chi connectivity index (χ1v) is 13.8. The highest BCUT2D eigenvalue weighted by Gasteiger charge is 2.42. The second-order valence-corrected chi connectivity index (χ2v) is 12.2. The van der Waals surface area contributed by atoms with E-state index in [1.807, 2.05) is 18.9 Å². The molecule has 2 aliphatic rings. The molecule has 0 radical (unpaired) electrons. The van der Waals surface area contributed by atoms with Gasteiger partial charge in [0.05, 0.1) is 25.4 Å². The molecule has 2 aromatic heterocycles. The Morgan fingerprint density at radius 3 is 2.00 bits per heavy atom. The van der Waals surface area contributed by atoms with Crippen LogP contribution < -0.4 is 22.5 Å². The van der Waals surface area contributed by atoms with Crippen LogP contribution in [0.3, 0.4) is 0 Å². The number of aromatic nitrogens is 4. The molecule has 210 valence electrons. The fourth-order valence-electron chi connectivity index (χ4n) is 4.56. The van der Waals surface area contributed by atoms with Gasteiger partial charge in [0, 0.05) is 44.2 Å². The Labute approximate surface area is 218 Å². The third-order valence-corrected chi connectivity index (χ3v) is 9.07. The van der Waals surface area contributed by atoms with Crippen LogP contribution >= 0.6 is 7.67 Å². The molecule has 15 nitrogen and oxygen atoms in total. The average molecular weight is 556 g/mol. The number of H-pyrrole nitrogens is 2. The lowest BCUT2D eigenvalue weighted by Crippen LogP contribution is -2.50. The van der Waals surface area contributed by atoms with Crippen molar-refractivity contribution in [3.63, 3.8) is 0 Å². The van der Waals surface area contributed by atoms with E-state index < -0.39 is 48.7 Å². The number of ether oxygens (including phenoxy) is 2. The first kappa shape index (κ1) is 28.4. The van der Waals surface area contributed by atoms with E-state index in [1.54, 1.807) is 18.8 Å². The van der Waals surface area contributed by atoms with E-state index in [0.717, 1.165) is 0 Å². The quantitative estimate of drug-likeness (QED) is 0.392. The number of likely N-dealkylation sites (N-methyl/N-ethyl adjacent to an activating group) is 1. The van der Waals surface area contributed by atoms with Crippen molar-refractivity contribution in [2.24, 2.45) is 0 Å². The Morgan fingerprint density at radius 1 is 0.921 bits per heavy atom. The standard InChI is InChI=1S/C22H34N7O8P/c1-5-15-11-27(13-20(36-15)29-9-7-18(31)24-22(29)33)38(34,25(2)3)35-14-16-10-26(4)12-19(37-16)28-8-6-17(30)23-21(28)32/h6-9,15-16,19-20H,5,10-14H2,1-4H3,(H,23,30,32)(H,24,31,33)/t15-,16+,19?,20?,38-/m1/s1. The first-order chi connectivity index (χ1) is 18.0. The van der Waals surface area contributed by atoms with Crippen molar-refractivity contribution >= 4 is 7.67 Å². The van der Waals surface area contributed by atoms with Gasteiger partial charge in [0.2, 0.25) is 0 Å². The Morgan fingerprint density at radius 2 is 1.47 bits per heavy atom. The zero-order valence-corrected chi connectivity index (χ0v) is 22.7. The van der Waals surface area contributed by atoms with Gasteiger partial charge >= 0.3 is 19.0 Å². The Kier molecular flexibility index (Phi) is 8.67. The van der Waals surface area contributed by atoms with Crippen LogP contribution in [0.2, 0.25) is 0 Å². The van der Waals surface area contributed by atoms with E-state index in [0.29, 0.717) is 26.1 Å². The van der Waals surface area contributed by atoms with Gasteiger partial charge in [-0.05, 0) is 27.6 Å². The first-order valence-electron chi connectivity index (χ1n) is 12.3. The predicted octanol–water partition coefficient (Wildman–Crippen LogP) is -0.788. The molecule has 2 aliphatic heterocycles. The summed E-state index contributed by atoms with van der Waals surface area (Å²) in [4.78, 5) is 54.1. The number of nitrogens with zero attached hydrogens (tertiary/aromatic N) is 5. The zero-order chi connectivity index (χ0) is 27.6. The third-order valence-electron chi connectivity index (χ3n) is 6.53. The molecule has 2 fully saturated rings. The van der Waals surface area contributed by atoms with Crippen LogP contribution in [0.4, 0.5) is 0 Å². The fraction of sp³-hybridized carbons (Fsp3) is 0.636. The number of aromatic amines is 2. The van der Waals surface area contributed by atoms with Gasteiger partial charge in [0.15, 0.2) is 12.5 Å². The second-order valence-electron chi connectivity index (χ2n) is 9.59. The summed E-state index contributed by atoms with van der Waals surface area (Å²) in [6.07, 6.45) is 1.02. The van der Waals surface area contributed by atoms with Gasteiger partial charge in [0.1, 0.15) is 0 Å². The maximum atomic E-state index is 14.3. The van der Waals surface area contributed by atoms with Crippen LogP contribution in [-0.2, 0) is 18.6 Å². The van der Waals surface area contributed by atoms with Crippen molar-refractivity contribution in [3.05, 3.63) is 66.2 Å². The topological polar surface area (TPSA) is 164 Å². The molecule has 2 N–H and O–H groups in total. The molecular weight excluding hydrogens is 521 g/mol. The maximum absolute atomic E-state index is 14.3. The third kappa shape index (κ3) is 6.15. The number of hydrogen-bond acceptors (Lipinski definition) is 9. The minimum Gasteiger partial charge on any atom is -0.352 e. The van der Waals surface area contributed by atoms with Crippen LogP contribution in [0.25, 0.3) is 0 Å². The Hall–Kier alpha value is -2.65. The van der Waals surface area contributed by atoms with Crippen molar-refractivity contribution in [1.82, 2.24) is 33.3 Å². The van der Waals surface area contributed by atoms with Crippen LogP contribution in [0.5, 0.6) is 0 Å². The number of morpholine rings is 2. The van der Waals surface area contributed by atoms with Gasteiger partial charge in [-0.15, -0.1) is 0 Å². The number of hydrogen-bond donors (Lipinski definition) is 2. The molecule has 0 spiro atoms. The number of rotatable bonds is 8. The predicted molar refractivity (Wildman–Crippen MR) is 137 cm³/mol. The average Bonchev–Trinajstić information content (AvgIpc) is 2.86. The molecule has 5 atom stereocenters. The monoisotopic (exact) mass is 555 g/mol. The van der Waals surface area contributed by atoms with Crippen molar-refractivity contribution in [2.45, 2.75) is 38.0 Å². The van der Waals surface area contributed by atoms with Gasteiger partial charge in [0.25, 0.3) is 11.1 Å². The second kappa shape index (κ2) is 11.6. The maximum Gasteiger partial charge on any atom is 0.345 e. The lowest BCUT2D eigenvalue weighted by atomic mass is 10.2. The van der Waals surface area contributed by atoms with Crippen molar-refractivity contribution in [3.8, 4) is 0 Å². The molecule has 0 aromatic carbocycles. The van der Waals surface area contributed by atoms with Crippen LogP contribution in [0.15, 0.2) is 43.7 Å². The molecule has 0 amide bonds. The molecular formula is C22H34N7O8P. The zero-order valence-electron chi connectivity index (χ0n) is 21.8. The van der Waals surface area contributed by atoms with Gasteiger partial charge in [-0.25, -0.2) is 18.9 Å². The molecule has 2 saturated heterocycles. The highest BCUT2D eigenvalue weighted by atomic mass is 31.2. The van der Waals surface area contributed by atoms with E-state index in [-0.39, 0.29) is 19.3 Å². The van der Waals surface area contributed by atoms with Gasteiger partial charge < -0.3 is 14.0 Å². The fourth-order valence-corrected chi connectivity index (χ4v) is 6.56. The summed E-state index contributed by atoms with van der Waals surface area (Å²) in [7, 11) is 1.55. The van der Waals surface area contributed by atoms with E-state index in [9.17, 15) is 23.7 Å². The highest BCUT2D eigenvalue weighted by molar-refractivity contribution is 7.53. The smallest absolute Gasteiger partial charge is 0.345 e. The van der Waals surface area contributed by atoms with E-state index in [4.69, 9.17) is 14.0 Å². The summed E-state index contributed by atoms with van der Waals surface area (Å²) in [5, 5.41) is 0. The summed E-state index contributed by atoms with van der Waals surface area (Å²) >= 11 is 0. The molecule has 2 aromatic rings.